The predicted molar refractivity (Wildman–Crippen MR) is 198 cm³/mol. The second kappa shape index (κ2) is 13.5. The lowest BCUT2D eigenvalue weighted by atomic mass is 9.82. The van der Waals surface area contributed by atoms with Crippen molar-refractivity contribution in [2.24, 2.45) is 5.92 Å². The number of aliphatic hydroxyl groups is 1. The van der Waals surface area contributed by atoms with Gasteiger partial charge in [-0.3, -0.25) is 19.5 Å². The molecule has 3 heterocycles. The third-order valence-corrected chi connectivity index (χ3v) is 13.0. The van der Waals surface area contributed by atoms with Crippen molar-refractivity contribution in [1.29, 1.82) is 0 Å². The molecule has 2 aliphatic heterocycles. The van der Waals surface area contributed by atoms with Gasteiger partial charge < -0.3 is 23.8 Å². The summed E-state index contributed by atoms with van der Waals surface area (Å²) in [5, 5.41) is 13.9. The first-order chi connectivity index (χ1) is 24.4. The molecule has 0 aliphatic carbocycles. The molecule has 2 amide bonds. The summed E-state index contributed by atoms with van der Waals surface area (Å²) in [5.41, 5.74) is 1.69. The smallest absolute Gasteiger partial charge is 0.279 e. The van der Waals surface area contributed by atoms with Gasteiger partial charge in [-0.1, -0.05) is 73.1 Å². The van der Waals surface area contributed by atoms with E-state index in [1.54, 1.807) is 47.2 Å². The highest BCUT2D eigenvalue weighted by molar-refractivity contribution is 6.72. The molecule has 264 valence electrons. The van der Waals surface area contributed by atoms with E-state index < -0.39 is 31.6 Å². The van der Waals surface area contributed by atoms with E-state index in [-0.39, 0.29) is 50.0 Å². The number of para-hydroxylation sites is 1. The van der Waals surface area contributed by atoms with Gasteiger partial charge in [-0.25, -0.2) is 4.68 Å². The van der Waals surface area contributed by atoms with Crippen molar-refractivity contribution in [1.82, 2.24) is 14.7 Å². The number of hydrogen-bond acceptors (Lipinski definition) is 5. The number of nitrogens with zero attached hydrogens (tertiary/aromatic N) is 3. The molecule has 12 heteroatoms. The Bertz CT molecular complexity index is 2170. The number of ether oxygens (including phenoxy) is 1. The third-order valence-electron chi connectivity index (χ3n) is 10.3. The highest BCUT2D eigenvalue weighted by Gasteiger charge is 2.67. The number of anilines is 1. The largest absolute Gasteiger partial charge is 0.395 e. The Hall–Kier alpha value is -4.55. The number of hydrogen-bond donors (Lipinski definition) is 2. The molecule has 51 heavy (non-hydrogen) atoms. The summed E-state index contributed by atoms with van der Waals surface area (Å²) >= 11 is 6.55. The summed E-state index contributed by atoms with van der Waals surface area (Å²) in [6, 6.07) is 29.3. The predicted octanol–water partition coefficient (Wildman–Crippen LogP) is 6.71. The van der Waals surface area contributed by atoms with E-state index in [1.807, 2.05) is 79.7 Å². The minimum atomic E-state index is -3.55. The Morgan fingerprint density at radius 2 is 1.73 bits per heavy atom. The molecule has 0 radical (unpaired) electrons. The summed E-state index contributed by atoms with van der Waals surface area (Å²) in [7, 11) is -3.55. The fourth-order valence-electron chi connectivity index (χ4n) is 8.11. The zero-order valence-electron chi connectivity index (χ0n) is 28.7. The summed E-state index contributed by atoms with van der Waals surface area (Å²) < 4.78 is 24.7. The Morgan fingerprint density at radius 1 is 1.00 bits per heavy atom. The van der Waals surface area contributed by atoms with Crippen molar-refractivity contribution in [3.63, 3.8) is 0 Å². The molecule has 2 aliphatic rings. The lowest BCUT2D eigenvalue weighted by Crippen LogP contribution is -2.45. The van der Waals surface area contributed by atoms with Gasteiger partial charge in [0.2, 0.25) is 14.3 Å². The Morgan fingerprint density at radius 3 is 2.45 bits per heavy atom. The Balaban J connectivity index is 1.22. The first kappa shape index (κ1) is 34.9. The van der Waals surface area contributed by atoms with Crippen LogP contribution in [0, 0.1) is 5.92 Å². The van der Waals surface area contributed by atoms with Gasteiger partial charge in [0, 0.05) is 35.1 Å². The van der Waals surface area contributed by atoms with Crippen LogP contribution in [0.5, 0.6) is 0 Å². The van der Waals surface area contributed by atoms with Crippen LogP contribution in [-0.4, -0.2) is 59.3 Å². The summed E-state index contributed by atoms with van der Waals surface area (Å²) in [4.78, 5) is 45.1. The van der Waals surface area contributed by atoms with Crippen LogP contribution in [0.2, 0.25) is 23.7 Å². The molecule has 1 spiro atoms. The number of carbonyl (C=O) groups excluding carboxylic acids is 2. The zero-order chi connectivity index (χ0) is 36.1. The van der Waals surface area contributed by atoms with Crippen LogP contribution in [0.25, 0.3) is 16.6 Å². The average Bonchev–Trinajstić information content (AvgIpc) is 3.68. The number of benzene rings is 4. The minimum absolute atomic E-state index is 0.108. The number of rotatable bonds is 10. The maximum absolute atomic E-state index is 16.4. The maximum atomic E-state index is 16.4. The van der Waals surface area contributed by atoms with E-state index in [4.69, 9.17) is 16.3 Å². The van der Waals surface area contributed by atoms with Gasteiger partial charge >= 0.3 is 0 Å². The topological polar surface area (TPSA) is 108 Å². The molecular weight excluding hydrogens is 687 g/mol. The number of amides is 2. The monoisotopic (exact) mass is 726 g/mol. The molecular formula is C39H40ClFN4O5Si. The molecule has 1 fully saturated rings. The fraction of sp³-hybridized carbons (Fsp3) is 0.308. The highest BCUT2D eigenvalue weighted by atomic mass is 35.5. The van der Waals surface area contributed by atoms with Crippen LogP contribution in [0.1, 0.15) is 30.0 Å². The molecule has 5 aromatic rings. The van der Waals surface area contributed by atoms with Crippen molar-refractivity contribution in [2.75, 3.05) is 18.1 Å². The van der Waals surface area contributed by atoms with Crippen LogP contribution in [0.15, 0.2) is 102 Å². The number of aliphatic hydroxyl groups excluding tert-OH is 1. The van der Waals surface area contributed by atoms with E-state index in [2.05, 4.69) is 5.10 Å². The van der Waals surface area contributed by atoms with Gasteiger partial charge in [-0.2, -0.15) is 0 Å². The highest BCUT2D eigenvalue weighted by Crippen LogP contribution is 2.60. The number of fused-ring (bicyclic) bond motifs is 3. The van der Waals surface area contributed by atoms with Crippen molar-refractivity contribution < 1.29 is 23.5 Å². The molecule has 0 unspecified atom stereocenters. The second-order valence-electron chi connectivity index (χ2n) is 14.0. The minimum Gasteiger partial charge on any atom is -0.395 e. The number of nitrogens with one attached hydrogen (secondary N) is 1. The third kappa shape index (κ3) is 6.22. The molecule has 1 saturated heterocycles. The van der Waals surface area contributed by atoms with Crippen molar-refractivity contribution in [2.45, 2.75) is 56.8 Å². The van der Waals surface area contributed by atoms with Crippen molar-refractivity contribution >= 4 is 48.4 Å². The van der Waals surface area contributed by atoms with Crippen molar-refractivity contribution in [3.05, 3.63) is 129 Å². The van der Waals surface area contributed by atoms with Gasteiger partial charge in [0.15, 0.2) is 5.60 Å². The summed E-state index contributed by atoms with van der Waals surface area (Å²) in [5.74, 6) is -1.26. The van der Waals surface area contributed by atoms with Crippen LogP contribution < -0.4 is 10.5 Å². The van der Waals surface area contributed by atoms with Crippen molar-refractivity contribution in [3.8, 4) is 5.69 Å². The lowest BCUT2D eigenvalue weighted by Gasteiger charge is -2.31. The average molecular weight is 727 g/mol. The normalized spacial score (nSPS) is 21.5. The molecule has 7 rings (SSSR count). The van der Waals surface area contributed by atoms with Gasteiger partial charge in [0.1, 0.15) is 0 Å². The second-order valence-corrected chi connectivity index (χ2v) is 18.3. The first-order valence-electron chi connectivity index (χ1n) is 17.1. The van der Waals surface area contributed by atoms with Crippen LogP contribution in [-0.2, 0) is 33.0 Å². The molecule has 2 N–H and O–H groups in total. The standard InChI is InChI=1S/C39H40ClFN4O5Si/c1-25-36(51(2,3)41)34(22-35(47)43(18-19-46)23-26-10-5-4-6-11-26)50-39(25)31-21-28(40)16-17-33(31)44(38(39)49)24-27-12-9-13-29(20-27)45-37(48)30-14-7-8-15-32(30)42-45/h4-17,20-21,25,34,36,42,46H,18-19,22-24H2,1-3H3/t25-,34+,36-,39+/m0/s1. The molecule has 4 atom stereocenters. The van der Waals surface area contributed by atoms with Gasteiger partial charge in [0.05, 0.1) is 48.0 Å². The van der Waals surface area contributed by atoms with Crippen LogP contribution in [0.3, 0.4) is 0 Å². The lowest BCUT2D eigenvalue weighted by molar-refractivity contribution is -0.150. The number of aromatic amines is 1. The molecule has 4 aromatic carbocycles. The SMILES string of the molecule is C[C@H]1[C@H]([Si](C)(C)F)[C@@H](CC(=O)N(CCO)Cc2ccccc2)O[C@]12C(=O)N(Cc1cccc(-n3[nH]c4ccccc4c3=O)c1)c1ccc(Cl)cc12. The number of H-pyrrole nitrogens is 1. The maximum Gasteiger partial charge on any atom is 0.279 e. The first-order valence-corrected chi connectivity index (χ1v) is 20.5. The van der Waals surface area contributed by atoms with E-state index in [0.29, 0.717) is 32.9 Å². The molecule has 0 saturated carbocycles. The van der Waals surface area contributed by atoms with Gasteiger partial charge in [-0.15, -0.1) is 0 Å². The van der Waals surface area contributed by atoms with E-state index in [0.717, 1.165) is 11.1 Å². The van der Waals surface area contributed by atoms with Crippen LogP contribution >= 0.6 is 11.6 Å². The zero-order valence-corrected chi connectivity index (χ0v) is 30.4. The summed E-state index contributed by atoms with van der Waals surface area (Å²) in [6.45, 7) is 5.34. The molecule has 1 aromatic heterocycles. The fourth-order valence-corrected chi connectivity index (χ4v) is 10.8. The number of aromatic nitrogens is 2. The summed E-state index contributed by atoms with van der Waals surface area (Å²) in [6.07, 6.45) is -1.03. The Kier molecular flexibility index (Phi) is 9.26. The van der Waals surface area contributed by atoms with Gasteiger partial charge in [0.25, 0.3) is 11.5 Å². The number of halogens is 2. The van der Waals surface area contributed by atoms with Crippen LogP contribution in [0.4, 0.5) is 9.80 Å². The van der Waals surface area contributed by atoms with E-state index in [1.165, 1.54) is 4.68 Å². The van der Waals surface area contributed by atoms with Gasteiger partial charge in [-0.05, 0) is 66.7 Å². The number of carbonyl (C=O) groups is 2. The molecule has 9 nitrogen and oxygen atoms in total. The van der Waals surface area contributed by atoms with E-state index in [9.17, 15) is 19.5 Å². The van der Waals surface area contributed by atoms with E-state index >= 15 is 4.11 Å². The Labute approximate surface area is 301 Å². The molecule has 0 bridgehead atoms. The quantitative estimate of drug-likeness (QED) is 0.123.